The van der Waals surface area contributed by atoms with Crippen LogP contribution in [0.4, 0.5) is 8.78 Å². The highest BCUT2D eigenvalue weighted by atomic mass is 19.2. The van der Waals surface area contributed by atoms with Crippen LogP contribution in [0, 0.1) is 11.6 Å². The summed E-state index contributed by atoms with van der Waals surface area (Å²) in [6.07, 6.45) is 1.43. The van der Waals surface area contributed by atoms with E-state index in [0.29, 0.717) is 30.7 Å². The van der Waals surface area contributed by atoms with Crippen LogP contribution < -0.4 is 0 Å². The molecule has 0 saturated carbocycles. The Morgan fingerprint density at radius 2 is 2.19 bits per heavy atom. The van der Waals surface area contributed by atoms with Gasteiger partial charge in [-0.1, -0.05) is 0 Å². The highest BCUT2D eigenvalue weighted by molar-refractivity contribution is 5.80. The number of ether oxygens (including phenoxy) is 1. The molecule has 3 rings (SSSR count). The van der Waals surface area contributed by atoms with Gasteiger partial charge in [-0.3, -0.25) is 4.79 Å². The molecule has 0 N–H and O–H groups in total. The second kappa shape index (κ2) is 5.40. The van der Waals surface area contributed by atoms with Crippen molar-refractivity contribution in [3.63, 3.8) is 0 Å². The lowest BCUT2D eigenvalue weighted by atomic mass is 10.2. The Labute approximate surface area is 120 Å². The number of imidazole rings is 1. The quantitative estimate of drug-likeness (QED) is 0.845. The third-order valence-electron chi connectivity index (χ3n) is 3.56. The minimum Gasteiger partial charge on any atom is -0.375 e. The van der Waals surface area contributed by atoms with E-state index in [9.17, 15) is 13.6 Å². The summed E-state index contributed by atoms with van der Waals surface area (Å²) in [6, 6.07) is 2.09. The number of carbonyl (C=O) groups excluding carboxylic acids is 1. The van der Waals surface area contributed by atoms with E-state index in [4.69, 9.17) is 4.74 Å². The van der Waals surface area contributed by atoms with Crippen molar-refractivity contribution < 1.29 is 18.3 Å². The van der Waals surface area contributed by atoms with Crippen molar-refractivity contribution in [3.8, 4) is 0 Å². The number of hydrogen-bond donors (Lipinski definition) is 0. The molecule has 1 saturated heterocycles. The monoisotopic (exact) mass is 295 g/mol. The number of nitrogens with zero attached hydrogens (tertiary/aromatic N) is 3. The number of carbonyl (C=O) groups is 1. The van der Waals surface area contributed by atoms with Crippen LogP contribution in [0.15, 0.2) is 18.5 Å². The standard InChI is InChI=1S/C14H15F2N3O2/c1-9-6-18(2-3-21-9)14(20)7-19-8-17-12-4-10(15)11(16)5-13(12)19/h4-5,8-9H,2-3,6-7H2,1H3/t9-/m0/s1. The number of benzene rings is 1. The molecular formula is C14H15F2N3O2. The number of fused-ring (bicyclic) bond motifs is 1. The van der Waals surface area contributed by atoms with Gasteiger partial charge in [0.05, 0.1) is 30.1 Å². The number of rotatable bonds is 2. The molecular weight excluding hydrogens is 280 g/mol. The van der Waals surface area contributed by atoms with E-state index in [-0.39, 0.29) is 18.6 Å². The molecule has 1 atom stereocenters. The average molecular weight is 295 g/mol. The zero-order valence-corrected chi connectivity index (χ0v) is 11.6. The molecule has 1 aromatic heterocycles. The second-order valence-electron chi connectivity index (χ2n) is 5.15. The van der Waals surface area contributed by atoms with Crippen LogP contribution in [0.3, 0.4) is 0 Å². The van der Waals surface area contributed by atoms with E-state index in [0.717, 1.165) is 12.1 Å². The third-order valence-corrected chi connectivity index (χ3v) is 3.56. The van der Waals surface area contributed by atoms with Crippen LogP contribution in [0.25, 0.3) is 11.0 Å². The summed E-state index contributed by atoms with van der Waals surface area (Å²) in [5, 5.41) is 0. The lowest BCUT2D eigenvalue weighted by molar-refractivity contribution is -0.138. The van der Waals surface area contributed by atoms with Gasteiger partial charge in [-0.25, -0.2) is 13.8 Å². The van der Waals surface area contributed by atoms with Crippen LogP contribution in [0.2, 0.25) is 0 Å². The summed E-state index contributed by atoms with van der Waals surface area (Å²) in [7, 11) is 0. The lowest BCUT2D eigenvalue weighted by Crippen LogP contribution is -2.45. The molecule has 1 aromatic carbocycles. The Bertz CT molecular complexity index is 686. The maximum atomic E-state index is 13.3. The average Bonchev–Trinajstić information content (AvgIpc) is 2.82. The van der Waals surface area contributed by atoms with E-state index in [1.807, 2.05) is 6.92 Å². The fourth-order valence-corrected chi connectivity index (χ4v) is 2.47. The lowest BCUT2D eigenvalue weighted by Gasteiger charge is -2.31. The van der Waals surface area contributed by atoms with E-state index < -0.39 is 11.6 Å². The first-order valence-corrected chi connectivity index (χ1v) is 6.74. The second-order valence-corrected chi connectivity index (χ2v) is 5.15. The molecule has 0 radical (unpaired) electrons. The van der Waals surface area contributed by atoms with Crippen molar-refractivity contribution in [3.05, 3.63) is 30.1 Å². The summed E-state index contributed by atoms with van der Waals surface area (Å²) < 4.78 is 33.4. The molecule has 1 aliphatic heterocycles. The Hall–Kier alpha value is -2.02. The minimum atomic E-state index is -0.948. The summed E-state index contributed by atoms with van der Waals surface area (Å²) in [6.45, 7) is 3.54. The largest absolute Gasteiger partial charge is 0.375 e. The molecule has 1 amide bonds. The fourth-order valence-electron chi connectivity index (χ4n) is 2.47. The maximum Gasteiger partial charge on any atom is 0.242 e. The Balaban J connectivity index is 1.81. The Morgan fingerprint density at radius 3 is 2.95 bits per heavy atom. The fraction of sp³-hybridized carbons (Fsp3) is 0.429. The van der Waals surface area contributed by atoms with Crippen LogP contribution in [0.1, 0.15) is 6.92 Å². The highest BCUT2D eigenvalue weighted by Crippen LogP contribution is 2.18. The van der Waals surface area contributed by atoms with Crippen molar-refractivity contribution >= 4 is 16.9 Å². The summed E-state index contributed by atoms with van der Waals surface area (Å²) >= 11 is 0. The summed E-state index contributed by atoms with van der Waals surface area (Å²) in [5.74, 6) is -1.98. The minimum absolute atomic E-state index is 0.00812. The van der Waals surface area contributed by atoms with Crippen LogP contribution >= 0.6 is 0 Å². The van der Waals surface area contributed by atoms with E-state index in [1.54, 1.807) is 4.90 Å². The number of morpholine rings is 1. The van der Waals surface area contributed by atoms with Crippen LogP contribution in [-0.4, -0.2) is 46.2 Å². The maximum absolute atomic E-state index is 13.3. The van der Waals surface area contributed by atoms with Gasteiger partial charge in [0.2, 0.25) is 5.91 Å². The van der Waals surface area contributed by atoms with Crippen LogP contribution in [-0.2, 0) is 16.1 Å². The summed E-state index contributed by atoms with van der Waals surface area (Å²) in [4.78, 5) is 18.0. The predicted molar refractivity (Wildman–Crippen MR) is 71.6 cm³/mol. The number of halogens is 2. The van der Waals surface area contributed by atoms with Gasteiger partial charge in [-0.15, -0.1) is 0 Å². The van der Waals surface area contributed by atoms with Crippen LogP contribution in [0.5, 0.6) is 0 Å². The molecule has 0 unspecified atom stereocenters. The summed E-state index contributed by atoms with van der Waals surface area (Å²) in [5.41, 5.74) is 0.737. The molecule has 21 heavy (non-hydrogen) atoms. The van der Waals surface area contributed by atoms with Gasteiger partial charge >= 0.3 is 0 Å². The van der Waals surface area contributed by atoms with Crippen molar-refractivity contribution in [1.29, 1.82) is 0 Å². The highest BCUT2D eigenvalue weighted by Gasteiger charge is 2.22. The molecule has 0 spiro atoms. The van der Waals surface area contributed by atoms with E-state index in [2.05, 4.69) is 4.98 Å². The number of aromatic nitrogens is 2. The van der Waals surface area contributed by atoms with Crippen molar-refractivity contribution in [2.45, 2.75) is 19.6 Å². The first-order valence-electron chi connectivity index (χ1n) is 6.74. The molecule has 0 aliphatic carbocycles. The topological polar surface area (TPSA) is 47.4 Å². The van der Waals surface area contributed by atoms with Crippen molar-refractivity contribution in [2.75, 3.05) is 19.7 Å². The molecule has 0 bridgehead atoms. The van der Waals surface area contributed by atoms with E-state index >= 15 is 0 Å². The number of amides is 1. The van der Waals surface area contributed by atoms with Gasteiger partial charge in [0, 0.05) is 25.2 Å². The molecule has 2 aromatic rings. The molecule has 2 heterocycles. The first kappa shape index (κ1) is 13.9. The Morgan fingerprint density at radius 1 is 1.43 bits per heavy atom. The van der Waals surface area contributed by atoms with Gasteiger partial charge in [-0.05, 0) is 6.92 Å². The molecule has 5 nitrogen and oxygen atoms in total. The number of hydrogen-bond acceptors (Lipinski definition) is 3. The van der Waals surface area contributed by atoms with Gasteiger partial charge in [0.1, 0.15) is 6.54 Å². The van der Waals surface area contributed by atoms with Gasteiger partial charge < -0.3 is 14.2 Å². The Kier molecular flexibility index (Phi) is 3.59. The molecule has 1 aliphatic rings. The molecule has 112 valence electrons. The SMILES string of the molecule is C[C@H]1CN(C(=O)Cn2cnc3cc(F)c(F)cc32)CCO1. The van der Waals surface area contributed by atoms with Gasteiger partial charge in [0.25, 0.3) is 0 Å². The third kappa shape index (κ3) is 2.73. The smallest absolute Gasteiger partial charge is 0.242 e. The first-order chi connectivity index (χ1) is 10.0. The zero-order valence-electron chi connectivity index (χ0n) is 11.6. The van der Waals surface area contributed by atoms with Gasteiger partial charge in [-0.2, -0.15) is 0 Å². The van der Waals surface area contributed by atoms with Crippen molar-refractivity contribution in [1.82, 2.24) is 14.5 Å². The molecule has 1 fully saturated rings. The predicted octanol–water partition coefficient (Wildman–Crippen LogP) is 1.56. The van der Waals surface area contributed by atoms with E-state index in [1.165, 1.54) is 10.9 Å². The zero-order chi connectivity index (χ0) is 15.0. The van der Waals surface area contributed by atoms with Crippen molar-refractivity contribution in [2.24, 2.45) is 0 Å². The normalized spacial score (nSPS) is 19.2. The van der Waals surface area contributed by atoms with Gasteiger partial charge in [0.15, 0.2) is 11.6 Å². The molecule has 7 heteroatoms.